The van der Waals surface area contributed by atoms with Crippen LogP contribution in [0.4, 0.5) is 10.1 Å². The number of hydrogen-bond donors (Lipinski definition) is 2. The number of carbonyl (C=O) groups excluding carboxylic acids is 1. The second kappa shape index (κ2) is 6.33. The molecule has 2 N–H and O–H groups in total. The van der Waals surface area contributed by atoms with Crippen LogP contribution in [-0.2, 0) is 0 Å². The Morgan fingerprint density at radius 1 is 1.40 bits per heavy atom. The van der Waals surface area contributed by atoms with Gasteiger partial charge in [0.05, 0.1) is 9.75 Å². The van der Waals surface area contributed by atoms with Crippen molar-refractivity contribution >= 4 is 22.9 Å². The predicted octanol–water partition coefficient (Wildman–Crippen LogP) is 2.79. The monoisotopic (exact) mass is 289 g/mol. The number of aryl methyl sites for hydroxylation is 1. The van der Waals surface area contributed by atoms with Crippen LogP contribution in [-0.4, -0.2) is 17.6 Å². The number of thiophene rings is 1. The molecule has 0 bridgehead atoms. The van der Waals surface area contributed by atoms with E-state index in [4.69, 9.17) is 5.11 Å². The van der Waals surface area contributed by atoms with Crippen LogP contribution in [0.3, 0.4) is 0 Å². The van der Waals surface area contributed by atoms with Gasteiger partial charge in [-0.05, 0) is 42.8 Å². The van der Waals surface area contributed by atoms with Crippen molar-refractivity contribution in [2.24, 2.45) is 0 Å². The van der Waals surface area contributed by atoms with E-state index < -0.39 is 0 Å². The lowest BCUT2D eigenvalue weighted by Gasteiger charge is -2.06. The molecule has 0 aliphatic carbocycles. The maximum atomic E-state index is 13.0. The summed E-state index contributed by atoms with van der Waals surface area (Å²) in [5, 5.41) is 11.3. The number of carbonyl (C=O) groups is 1. The van der Waals surface area contributed by atoms with Gasteiger partial charge >= 0.3 is 0 Å². The average molecular weight is 289 g/mol. The van der Waals surface area contributed by atoms with Gasteiger partial charge < -0.3 is 10.4 Å². The summed E-state index contributed by atoms with van der Waals surface area (Å²) in [6.45, 7) is 1.51. The second-order valence-electron chi connectivity index (χ2n) is 4.04. The van der Waals surface area contributed by atoms with Gasteiger partial charge in [-0.15, -0.1) is 11.3 Å². The van der Waals surface area contributed by atoms with E-state index in [9.17, 15) is 9.18 Å². The highest BCUT2D eigenvalue weighted by atomic mass is 32.1. The highest BCUT2D eigenvalue weighted by Gasteiger charge is 2.10. The fourth-order valence-corrected chi connectivity index (χ4v) is 2.38. The third kappa shape index (κ3) is 3.44. The maximum absolute atomic E-state index is 13.0. The summed E-state index contributed by atoms with van der Waals surface area (Å²) < 4.78 is 13.0. The lowest BCUT2D eigenvalue weighted by molar-refractivity contribution is 0.103. The van der Waals surface area contributed by atoms with Gasteiger partial charge in [0.1, 0.15) is 12.4 Å². The smallest absolute Gasteiger partial charge is 0.265 e. The number of benzene rings is 1. The molecule has 0 unspecified atom stereocenters. The Hall–Kier alpha value is -2.16. The molecule has 0 aliphatic rings. The summed E-state index contributed by atoms with van der Waals surface area (Å²) in [7, 11) is 0. The number of nitrogens with one attached hydrogen (secondary N) is 1. The quantitative estimate of drug-likeness (QED) is 0.835. The van der Waals surface area contributed by atoms with Crippen molar-refractivity contribution in [2.45, 2.75) is 6.92 Å². The number of aliphatic hydroxyl groups excluding tert-OH is 1. The van der Waals surface area contributed by atoms with E-state index in [1.54, 1.807) is 19.1 Å². The number of halogens is 1. The van der Waals surface area contributed by atoms with E-state index in [1.165, 1.54) is 29.5 Å². The third-order valence-corrected chi connectivity index (χ3v) is 3.56. The predicted molar refractivity (Wildman–Crippen MR) is 77.4 cm³/mol. The third-order valence-electron chi connectivity index (χ3n) is 2.56. The number of anilines is 1. The van der Waals surface area contributed by atoms with Crippen molar-refractivity contribution in [1.82, 2.24) is 0 Å². The van der Waals surface area contributed by atoms with Crippen LogP contribution in [0.5, 0.6) is 0 Å². The Kier molecular flexibility index (Phi) is 4.51. The van der Waals surface area contributed by atoms with Crippen LogP contribution in [0.25, 0.3) is 0 Å². The summed E-state index contributed by atoms with van der Waals surface area (Å²) in [5.41, 5.74) is 1.24. The zero-order valence-corrected chi connectivity index (χ0v) is 11.6. The summed E-state index contributed by atoms with van der Waals surface area (Å²) in [6.07, 6.45) is 0. The Bertz CT molecular complexity index is 697. The highest BCUT2D eigenvalue weighted by molar-refractivity contribution is 7.14. The molecule has 0 spiro atoms. The molecule has 2 rings (SSSR count). The van der Waals surface area contributed by atoms with Crippen LogP contribution in [0.1, 0.15) is 20.1 Å². The maximum Gasteiger partial charge on any atom is 0.265 e. The molecule has 1 amide bonds. The molecule has 1 heterocycles. The Morgan fingerprint density at radius 3 is 2.90 bits per heavy atom. The summed E-state index contributed by atoms with van der Waals surface area (Å²) >= 11 is 1.24. The second-order valence-corrected chi connectivity index (χ2v) is 5.12. The van der Waals surface area contributed by atoms with Crippen molar-refractivity contribution in [3.8, 4) is 11.8 Å². The number of hydrogen-bond acceptors (Lipinski definition) is 3. The minimum absolute atomic E-state index is 0.214. The molecule has 0 saturated heterocycles. The van der Waals surface area contributed by atoms with Crippen molar-refractivity contribution in [3.05, 3.63) is 51.5 Å². The van der Waals surface area contributed by atoms with E-state index in [0.29, 0.717) is 21.0 Å². The van der Waals surface area contributed by atoms with Crippen LogP contribution in [0.15, 0.2) is 30.3 Å². The van der Waals surface area contributed by atoms with E-state index >= 15 is 0 Å². The molecule has 0 fully saturated rings. The first kappa shape index (κ1) is 14.3. The zero-order chi connectivity index (χ0) is 14.5. The summed E-state index contributed by atoms with van der Waals surface area (Å²) in [6, 6.07) is 7.58. The van der Waals surface area contributed by atoms with Gasteiger partial charge in [0, 0.05) is 5.69 Å². The van der Waals surface area contributed by atoms with Crippen LogP contribution < -0.4 is 5.32 Å². The summed E-state index contributed by atoms with van der Waals surface area (Å²) in [4.78, 5) is 13.3. The molecule has 2 aromatic rings. The Labute approximate surface area is 120 Å². The molecular weight excluding hydrogens is 277 g/mol. The minimum Gasteiger partial charge on any atom is -0.384 e. The molecule has 1 aromatic carbocycles. The van der Waals surface area contributed by atoms with Crippen molar-refractivity contribution in [3.63, 3.8) is 0 Å². The SMILES string of the molecule is Cc1cc(F)ccc1NC(=O)c1ccc(C#CCO)s1. The summed E-state index contributed by atoms with van der Waals surface area (Å²) in [5.74, 6) is 4.67. The van der Waals surface area contributed by atoms with Gasteiger partial charge in [0.2, 0.25) is 0 Å². The van der Waals surface area contributed by atoms with Gasteiger partial charge in [-0.2, -0.15) is 0 Å². The Morgan fingerprint density at radius 2 is 2.20 bits per heavy atom. The minimum atomic E-state index is -0.335. The first-order valence-electron chi connectivity index (χ1n) is 5.87. The molecule has 1 aromatic heterocycles. The van der Waals surface area contributed by atoms with E-state index in [-0.39, 0.29) is 18.3 Å². The molecule has 102 valence electrons. The largest absolute Gasteiger partial charge is 0.384 e. The Balaban J connectivity index is 2.13. The molecule has 0 atom stereocenters. The van der Waals surface area contributed by atoms with Gasteiger partial charge in [0.25, 0.3) is 5.91 Å². The van der Waals surface area contributed by atoms with Gasteiger partial charge in [-0.1, -0.05) is 11.8 Å². The van der Waals surface area contributed by atoms with Crippen molar-refractivity contribution in [2.75, 3.05) is 11.9 Å². The first-order valence-corrected chi connectivity index (χ1v) is 6.69. The van der Waals surface area contributed by atoms with Crippen molar-refractivity contribution in [1.29, 1.82) is 0 Å². The normalized spacial score (nSPS) is 9.75. The zero-order valence-electron chi connectivity index (χ0n) is 10.7. The molecule has 3 nitrogen and oxygen atoms in total. The van der Waals surface area contributed by atoms with E-state index in [0.717, 1.165) is 0 Å². The number of aliphatic hydroxyl groups is 1. The molecule has 0 radical (unpaired) electrons. The van der Waals surface area contributed by atoms with E-state index in [1.807, 2.05) is 0 Å². The van der Waals surface area contributed by atoms with Crippen molar-refractivity contribution < 1.29 is 14.3 Å². The lowest BCUT2D eigenvalue weighted by Crippen LogP contribution is -2.11. The molecule has 0 saturated carbocycles. The van der Waals surface area contributed by atoms with Gasteiger partial charge in [-0.25, -0.2) is 4.39 Å². The first-order chi connectivity index (χ1) is 9.60. The van der Waals surface area contributed by atoms with Crippen LogP contribution >= 0.6 is 11.3 Å². The standard InChI is InChI=1S/C15H12FNO2S/c1-10-9-11(16)4-6-13(10)17-15(19)14-7-5-12(20-14)3-2-8-18/h4-7,9,18H,8H2,1H3,(H,17,19). The molecule has 20 heavy (non-hydrogen) atoms. The fourth-order valence-electron chi connectivity index (χ4n) is 1.60. The fraction of sp³-hybridized carbons (Fsp3) is 0.133. The van der Waals surface area contributed by atoms with E-state index in [2.05, 4.69) is 17.2 Å². The number of rotatable bonds is 2. The molecule has 5 heteroatoms. The van der Waals surface area contributed by atoms with Crippen LogP contribution in [0.2, 0.25) is 0 Å². The van der Waals surface area contributed by atoms with Gasteiger partial charge in [0.15, 0.2) is 0 Å². The van der Waals surface area contributed by atoms with Gasteiger partial charge in [-0.3, -0.25) is 4.79 Å². The molecular formula is C15H12FNO2S. The van der Waals surface area contributed by atoms with Crippen LogP contribution in [0, 0.1) is 24.6 Å². The molecule has 0 aliphatic heterocycles. The lowest BCUT2D eigenvalue weighted by atomic mass is 10.2. The highest BCUT2D eigenvalue weighted by Crippen LogP contribution is 2.20. The number of amides is 1. The topological polar surface area (TPSA) is 49.3 Å². The average Bonchev–Trinajstić information content (AvgIpc) is 2.88.